The second-order valence-electron chi connectivity index (χ2n) is 6.18. The highest BCUT2D eigenvalue weighted by Crippen LogP contribution is 2.20. The molecule has 0 heterocycles. The molecule has 29 heavy (non-hydrogen) atoms. The molecule has 0 fully saturated rings. The van der Waals surface area contributed by atoms with Gasteiger partial charge in [0.25, 0.3) is 5.91 Å². The summed E-state index contributed by atoms with van der Waals surface area (Å²) in [6, 6.07) is 11.2. The summed E-state index contributed by atoms with van der Waals surface area (Å²) in [5.41, 5.74) is -2.53. The lowest BCUT2D eigenvalue weighted by Crippen LogP contribution is -2.53. The van der Waals surface area contributed by atoms with Crippen molar-refractivity contribution in [2.45, 2.75) is 10.5 Å². The molecule has 0 aliphatic heterocycles. The van der Waals surface area contributed by atoms with Crippen LogP contribution in [0.25, 0.3) is 0 Å². The lowest BCUT2D eigenvalue weighted by molar-refractivity contribution is -0.155. The minimum absolute atomic E-state index is 0.181. The van der Waals surface area contributed by atoms with E-state index in [1.165, 1.54) is 62.8 Å². The second-order valence-corrected chi connectivity index (χ2v) is 8.17. The molecule has 3 N–H and O–H groups in total. The van der Waals surface area contributed by atoms with Crippen molar-refractivity contribution < 1.29 is 37.7 Å². The Labute approximate surface area is 167 Å². The van der Waals surface area contributed by atoms with Gasteiger partial charge in [0.2, 0.25) is 0 Å². The van der Waals surface area contributed by atoms with Crippen LogP contribution < -0.4 is 14.8 Å². The quantitative estimate of drug-likeness (QED) is 0.536. The van der Waals surface area contributed by atoms with Crippen molar-refractivity contribution in [1.82, 2.24) is 5.32 Å². The highest BCUT2D eigenvalue weighted by molar-refractivity contribution is 7.91. The van der Waals surface area contributed by atoms with Crippen LogP contribution in [0.5, 0.6) is 11.5 Å². The highest BCUT2D eigenvalue weighted by Gasteiger charge is 2.41. The molecule has 0 saturated carbocycles. The standard InChI is InChI=1S/C19H21NO8S/c1-27-14-5-3-13(4-6-14)17(21)20-11-19(24,18(22)23)12-29(25,26)16-9-7-15(28-2)8-10-16/h3-10,24H,11-12H2,1-2H3,(H,20,21)(H,22,23). The molecule has 1 unspecified atom stereocenters. The van der Waals surface area contributed by atoms with Crippen LogP contribution in [0.3, 0.4) is 0 Å². The Morgan fingerprint density at radius 3 is 1.90 bits per heavy atom. The molecule has 0 saturated heterocycles. The van der Waals surface area contributed by atoms with Crippen molar-refractivity contribution in [3.05, 3.63) is 54.1 Å². The summed E-state index contributed by atoms with van der Waals surface area (Å²) >= 11 is 0. The van der Waals surface area contributed by atoms with Crippen molar-refractivity contribution >= 4 is 21.7 Å². The summed E-state index contributed by atoms with van der Waals surface area (Å²) in [4.78, 5) is 23.6. The second kappa shape index (κ2) is 8.93. The number of carboxylic acids is 1. The number of hydrogen-bond donors (Lipinski definition) is 3. The molecule has 0 spiro atoms. The third-order valence-corrected chi connectivity index (χ3v) is 5.99. The molecule has 1 atom stereocenters. The number of rotatable bonds is 9. The lowest BCUT2D eigenvalue weighted by atomic mass is 10.1. The van der Waals surface area contributed by atoms with Crippen LogP contribution in [0.4, 0.5) is 0 Å². The van der Waals surface area contributed by atoms with E-state index in [1.807, 2.05) is 0 Å². The Morgan fingerprint density at radius 1 is 0.966 bits per heavy atom. The van der Waals surface area contributed by atoms with E-state index in [1.54, 1.807) is 0 Å². The molecule has 156 valence electrons. The van der Waals surface area contributed by atoms with E-state index in [9.17, 15) is 28.2 Å². The number of benzene rings is 2. The lowest BCUT2D eigenvalue weighted by Gasteiger charge is -2.23. The number of carboxylic acid groups (broad SMARTS) is 1. The Morgan fingerprint density at radius 2 is 1.45 bits per heavy atom. The smallest absolute Gasteiger partial charge is 0.338 e. The zero-order valence-corrected chi connectivity index (χ0v) is 16.6. The molecule has 9 nitrogen and oxygen atoms in total. The molecule has 0 aliphatic carbocycles. The molecule has 1 amide bonds. The van der Waals surface area contributed by atoms with E-state index >= 15 is 0 Å². The summed E-state index contributed by atoms with van der Waals surface area (Å²) in [6.07, 6.45) is 0. The van der Waals surface area contributed by atoms with E-state index in [-0.39, 0.29) is 10.5 Å². The van der Waals surface area contributed by atoms with Gasteiger partial charge in [0, 0.05) is 5.56 Å². The van der Waals surface area contributed by atoms with Crippen molar-refractivity contribution in [1.29, 1.82) is 0 Å². The molecular weight excluding hydrogens is 402 g/mol. The summed E-state index contributed by atoms with van der Waals surface area (Å²) in [6.45, 7) is -0.803. The number of aliphatic hydroxyl groups is 1. The molecular formula is C19H21NO8S. The van der Waals surface area contributed by atoms with E-state index in [4.69, 9.17) is 9.47 Å². The van der Waals surface area contributed by atoms with Gasteiger partial charge in [-0.3, -0.25) is 4.79 Å². The van der Waals surface area contributed by atoms with Gasteiger partial charge in [0.1, 0.15) is 11.5 Å². The predicted molar refractivity (Wildman–Crippen MR) is 103 cm³/mol. The van der Waals surface area contributed by atoms with Gasteiger partial charge in [-0.2, -0.15) is 0 Å². The Bertz CT molecular complexity index is 970. The molecule has 2 aromatic carbocycles. The van der Waals surface area contributed by atoms with Crippen LogP contribution in [0.2, 0.25) is 0 Å². The Hall–Kier alpha value is -3.11. The molecule has 0 aromatic heterocycles. The van der Waals surface area contributed by atoms with Crippen LogP contribution >= 0.6 is 0 Å². The van der Waals surface area contributed by atoms with Crippen molar-refractivity contribution in [3.8, 4) is 11.5 Å². The van der Waals surface area contributed by atoms with Gasteiger partial charge in [-0.25, -0.2) is 13.2 Å². The molecule has 2 rings (SSSR count). The maximum absolute atomic E-state index is 12.5. The van der Waals surface area contributed by atoms with Crippen molar-refractivity contribution in [2.24, 2.45) is 0 Å². The van der Waals surface area contributed by atoms with Crippen molar-refractivity contribution in [2.75, 3.05) is 26.5 Å². The maximum atomic E-state index is 12.5. The van der Waals surface area contributed by atoms with E-state index in [0.717, 1.165) is 0 Å². The molecule has 0 bridgehead atoms. The zero-order chi connectivity index (χ0) is 21.7. The molecule has 0 radical (unpaired) electrons. The van der Waals surface area contributed by atoms with Gasteiger partial charge < -0.3 is 25.0 Å². The number of ether oxygens (including phenoxy) is 2. The normalized spacial score (nSPS) is 13.2. The van der Waals surface area contributed by atoms with Gasteiger partial charge in [-0.1, -0.05) is 0 Å². The van der Waals surface area contributed by atoms with Crippen LogP contribution in [-0.4, -0.2) is 62.6 Å². The van der Waals surface area contributed by atoms with Gasteiger partial charge >= 0.3 is 5.97 Å². The first kappa shape index (κ1) is 22.2. The number of nitrogens with one attached hydrogen (secondary N) is 1. The van der Waals surface area contributed by atoms with Gasteiger partial charge in [-0.05, 0) is 48.5 Å². The van der Waals surface area contributed by atoms with E-state index in [2.05, 4.69) is 5.32 Å². The number of hydrogen-bond acceptors (Lipinski definition) is 7. The number of carbonyl (C=O) groups excluding carboxylic acids is 1. The van der Waals surface area contributed by atoms with Gasteiger partial charge in [0.15, 0.2) is 15.4 Å². The number of sulfone groups is 1. The number of carbonyl (C=O) groups is 2. The first-order valence-electron chi connectivity index (χ1n) is 8.36. The summed E-state index contributed by atoms with van der Waals surface area (Å²) in [5, 5.41) is 22.1. The van der Waals surface area contributed by atoms with Crippen LogP contribution in [-0.2, 0) is 14.6 Å². The van der Waals surface area contributed by atoms with Gasteiger partial charge in [0.05, 0.1) is 31.4 Å². The summed E-state index contributed by atoms with van der Waals surface area (Å²) in [7, 11) is -1.29. The van der Waals surface area contributed by atoms with Crippen LogP contribution in [0.15, 0.2) is 53.4 Å². The topological polar surface area (TPSA) is 139 Å². The fourth-order valence-corrected chi connectivity index (χ4v) is 4.01. The van der Waals surface area contributed by atoms with E-state index in [0.29, 0.717) is 11.5 Å². The number of aliphatic carboxylic acids is 1. The number of amides is 1. The number of methoxy groups -OCH3 is 2. The van der Waals surface area contributed by atoms with E-state index < -0.39 is 39.6 Å². The summed E-state index contributed by atoms with van der Waals surface area (Å²) < 4.78 is 35.0. The van der Waals surface area contributed by atoms with Gasteiger partial charge in [-0.15, -0.1) is 0 Å². The fraction of sp³-hybridized carbons (Fsp3) is 0.263. The molecule has 10 heteroatoms. The minimum atomic E-state index is -4.16. The largest absolute Gasteiger partial charge is 0.497 e. The van der Waals surface area contributed by atoms with Crippen LogP contribution in [0, 0.1) is 0 Å². The monoisotopic (exact) mass is 423 g/mol. The van der Waals surface area contributed by atoms with Crippen molar-refractivity contribution in [3.63, 3.8) is 0 Å². The highest BCUT2D eigenvalue weighted by atomic mass is 32.2. The van der Waals surface area contributed by atoms with Crippen LogP contribution in [0.1, 0.15) is 10.4 Å². The predicted octanol–water partition coefficient (Wildman–Crippen LogP) is 0.723. The first-order valence-corrected chi connectivity index (χ1v) is 10.0. The zero-order valence-electron chi connectivity index (χ0n) is 15.8. The average Bonchev–Trinajstić information content (AvgIpc) is 2.71. The third kappa shape index (κ3) is 5.46. The third-order valence-electron chi connectivity index (χ3n) is 4.14. The first-order chi connectivity index (χ1) is 13.6. The molecule has 0 aliphatic rings. The SMILES string of the molecule is COc1ccc(C(=O)NCC(O)(CS(=O)(=O)c2ccc(OC)cc2)C(=O)O)cc1. The Balaban J connectivity index is 2.15. The Kier molecular flexibility index (Phi) is 6.83. The minimum Gasteiger partial charge on any atom is -0.497 e. The fourth-order valence-electron chi connectivity index (χ4n) is 2.44. The average molecular weight is 423 g/mol. The maximum Gasteiger partial charge on any atom is 0.338 e. The molecule has 2 aromatic rings. The summed E-state index contributed by atoms with van der Waals surface area (Å²) in [5.74, 6) is -2.62.